The molecule has 0 spiro atoms. The standard InChI is InChI=1S/C134H164BN3/c1-121(2,3)87-54-49-81(50-55-87)98-76-95(129(25,26)27)78-102(116-104(131(31,32)33)45-43-46-105(116)132(34,35)36)119(98)137-112-69-83(84-65-91(125(13,14)15)72-92(66-84)126(16,17)18)53-61-108(112)135-109-62-60-97(136-110-63-58-89(123(7,8)9)74-100(110)101-75-90(124(10,11)12)59-64-111(101)136)80-113(109)138(115-71-86(70-114(137)118(115)135)85-67-93(127(19,20)21)73-94(68-85)128(22,23)24)120-99(82-51-56-88(57-52-82)122(4,5)6)77-96(130(28,29)30)79-103(120)117-106(133(37,38)39)47-44-48-107(117)134(40,41)42/h43-80H,1-42H3/i43D,44D,45D,46D,47D,48D,49D,50D,51D,52D,54D,55D,56D,57D,76D,77D,78D,79D. The molecule has 16 rings (SSSR count). The highest BCUT2D eigenvalue weighted by atomic mass is 15.2. The molecule has 14 aromatic rings. The molecule has 0 saturated heterocycles. The molecule has 0 saturated carbocycles. The van der Waals surface area contributed by atoms with Crippen molar-refractivity contribution in [3.05, 3.63) is 308 Å². The summed E-state index contributed by atoms with van der Waals surface area (Å²) in [7, 11) is 0. The highest BCUT2D eigenvalue weighted by Crippen LogP contribution is 2.60. The van der Waals surface area contributed by atoms with Gasteiger partial charge in [-0.25, -0.2) is 0 Å². The van der Waals surface area contributed by atoms with Crippen molar-refractivity contribution in [2.45, 2.75) is 367 Å². The average molecular weight is 1850 g/mol. The highest BCUT2D eigenvalue weighted by Gasteiger charge is 2.48. The SMILES string of the molecule is [2H]c1c([2H])c(C(C)(C)C)c(-c2c([2H])c(C(C)(C)C)c([2H])c(-c3c([2H])c([2H])c(C(C)(C)C)c([2H])c3[2H])c2N2c3cc(-c4cc(C(C)(C)C)cc(C(C)(C)C)c4)ccc3B3c4ccc(-n5c6ccc(C(C)(C)C)cc6c6cc(C(C)(C)C)ccc65)cc4N(c4c(-c5c([2H])c([2H])c(C(C)(C)C)c([2H])c5[2H])c([2H])c(C(C)(C)C)c([2H])c4-c4c(C(C)(C)C)c([2H])c([2H])c([2H])c4C(C)(C)C)c4cc(-c5cc(C(C)(C)C)cc(C(C)(C)C)c5)cc2c43)c(C(C)(C)C)c1[2H]. The van der Waals surface area contributed by atoms with Crippen molar-refractivity contribution in [3.8, 4) is 72.4 Å². The van der Waals surface area contributed by atoms with Crippen LogP contribution in [0.1, 0.15) is 393 Å². The summed E-state index contributed by atoms with van der Waals surface area (Å²) in [5, 5.41) is 1.98. The van der Waals surface area contributed by atoms with Gasteiger partial charge in [-0.15, -0.1) is 0 Å². The topological polar surface area (TPSA) is 11.4 Å². The van der Waals surface area contributed by atoms with Crippen LogP contribution >= 0.6 is 0 Å². The summed E-state index contributed by atoms with van der Waals surface area (Å²) in [6.45, 7) is 84.8. The number of rotatable bonds is 9. The van der Waals surface area contributed by atoms with Gasteiger partial charge in [0.1, 0.15) is 0 Å². The molecule has 1 aromatic heterocycles. The third-order valence-corrected chi connectivity index (χ3v) is 28.2. The molecule has 2 aliphatic rings. The van der Waals surface area contributed by atoms with E-state index in [9.17, 15) is 24.7 Å². The Kier molecular flexibility index (Phi) is 19.2. The predicted molar refractivity (Wildman–Crippen MR) is 609 cm³/mol. The maximum atomic E-state index is 12.2. The second-order valence-electron chi connectivity index (χ2n) is 54.4. The number of anilines is 6. The molecule has 718 valence electrons. The van der Waals surface area contributed by atoms with Crippen LogP contribution < -0.4 is 26.2 Å². The van der Waals surface area contributed by atoms with Gasteiger partial charge in [-0.05, 0) is 293 Å². The largest absolute Gasteiger partial charge is 0.310 e. The minimum atomic E-state index is -1.21. The summed E-state index contributed by atoms with van der Waals surface area (Å²) in [6.07, 6.45) is 0. The lowest BCUT2D eigenvalue weighted by atomic mass is 9.33. The van der Waals surface area contributed by atoms with Crippen LogP contribution in [0.5, 0.6) is 0 Å². The molecule has 0 aliphatic carbocycles. The number of fused-ring (bicyclic) bond motifs is 7. The molecule has 0 atom stereocenters. The van der Waals surface area contributed by atoms with E-state index in [1.165, 1.54) is 0 Å². The Hall–Kier alpha value is -10.7. The van der Waals surface area contributed by atoms with Crippen molar-refractivity contribution in [1.82, 2.24) is 4.57 Å². The zero-order valence-corrected chi connectivity index (χ0v) is 91.5. The Labute approximate surface area is 860 Å². The van der Waals surface area contributed by atoms with Gasteiger partial charge in [0.05, 0.1) is 47.1 Å². The van der Waals surface area contributed by atoms with Crippen LogP contribution in [-0.2, 0) is 75.8 Å². The first-order valence-corrected chi connectivity index (χ1v) is 50.2. The quantitative estimate of drug-likeness (QED) is 0.133. The number of benzene rings is 13. The highest BCUT2D eigenvalue weighted by molar-refractivity contribution is 7.00. The molecule has 0 radical (unpaired) electrons. The lowest BCUT2D eigenvalue weighted by molar-refractivity contribution is 0.568. The number of aromatic nitrogens is 1. The minimum Gasteiger partial charge on any atom is -0.310 e. The van der Waals surface area contributed by atoms with Crippen LogP contribution in [0.3, 0.4) is 0 Å². The maximum Gasteiger partial charge on any atom is 0.252 e. The lowest BCUT2D eigenvalue weighted by Gasteiger charge is -2.47. The molecular weight excluding hydrogens is 1660 g/mol. The van der Waals surface area contributed by atoms with Gasteiger partial charge in [-0.3, -0.25) is 0 Å². The van der Waals surface area contributed by atoms with E-state index < -0.39 is 95.9 Å². The van der Waals surface area contributed by atoms with Crippen molar-refractivity contribution in [2.75, 3.05) is 9.80 Å². The van der Waals surface area contributed by atoms with Crippen molar-refractivity contribution in [2.24, 2.45) is 0 Å². The van der Waals surface area contributed by atoms with Crippen molar-refractivity contribution >= 4 is 79.0 Å². The molecule has 0 fully saturated rings. The Morgan fingerprint density at radius 2 is 0.500 bits per heavy atom. The van der Waals surface area contributed by atoms with Gasteiger partial charge in [-0.2, -0.15) is 0 Å². The van der Waals surface area contributed by atoms with E-state index in [2.05, 4.69) is 260 Å². The molecule has 0 amide bonds. The molecule has 138 heavy (non-hydrogen) atoms. The first-order chi connectivity index (χ1) is 70.8. The molecule has 0 N–H and O–H groups in total. The van der Waals surface area contributed by atoms with Gasteiger partial charge in [0.15, 0.2) is 0 Å². The second-order valence-corrected chi connectivity index (χ2v) is 54.4. The molecule has 2 aliphatic heterocycles. The smallest absolute Gasteiger partial charge is 0.252 e. The monoisotopic (exact) mass is 1840 g/mol. The van der Waals surface area contributed by atoms with Crippen LogP contribution in [0.2, 0.25) is 0 Å². The van der Waals surface area contributed by atoms with Gasteiger partial charge >= 0.3 is 0 Å². The van der Waals surface area contributed by atoms with E-state index in [4.69, 9.17) is 0 Å². The second kappa shape index (κ2) is 33.5. The molecule has 4 heteroatoms. The molecule has 0 bridgehead atoms. The molecule has 0 unspecified atom stereocenters. The van der Waals surface area contributed by atoms with E-state index >= 15 is 0 Å². The van der Waals surface area contributed by atoms with Gasteiger partial charge in [-0.1, -0.05) is 442 Å². The number of hydrogen-bond acceptors (Lipinski definition) is 2. The lowest BCUT2D eigenvalue weighted by Crippen LogP contribution is -2.61. The fourth-order valence-electron chi connectivity index (χ4n) is 19.7. The zero-order valence-electron chi connectivity index (χ0n) is 109. The molecular formula is C134H164BN3. The van der Waals surface area contributed by atoms with Crippen molar-refractivity contribution in [3.63, 3.8) is 0 Å². The molecule has 3 nitrogen and oxygen atoms in total. The Balaban J connectivity index is 1.34. The summed E-state index contributed by atoms with van der Waals surface area (Å²) in [5.74, 6) is 0. The Morgan fingerprint density at radius 3 is 0.812 bits per heavy atom. The van der Waals surface area contributed by atoms with Gasteiger partial charge in [0.2, 0.25) is 0 Å². The van der Waals surface area contributed by atoms with E-state index in [1.807, 2.05) is 166 Å². The van der Waals surface area contributed by atoms with E-state index in [0.29, 0.717) is 56.0 Å². The van der Waals surface area contributed by atoms with E-state index in [0.717, 1.165) is 66.3 Å². The van der Waals surface area contributed by atoms with Crippen LogP contribution in [0.25, 0.3) is 94.3 Å². The zero-order chi connectivity index (χ0) is 117. The van der Waals surface area contributed by atoms with Crippen LogP contribution in [0.4, 0.5) is 34.1 Å². The average Bonchev–Trinajstić information content (AvgIpc) is 0.730. The number of nitrogens with zero attached hydrogens (tertiary/aromatic N) is 3. The first kappa shape index (κ1) is 79.0. The summed E-state index contributed by atoms with van der Waals surface area (Å²) >= 11 is 0. The summed E-state index contributed by atoms with van der Waals surface area (Å²) in [4.78, 5) is 4.18. The number of hydrogen-bond donors (Lipinski definition) is 0. The van der Waals surface area contributed by atoms with E-state index in [-0.39, 0.29) is 196 Å². The van der Waals surface area contributed by atoms with Crippen LogP contribution in [0.15, 0.2) is 230 Å². The Morgan fingerprint density at radius 1 is 0.217 bits per heavy atom. The van der Waals surface area contributed by atoms with Gasteiger partial charge < -0.3 is 14.4 Å². The fraction of sp³-hybridized carbons (Fsp3) is 0.418. The summed E-state index contributed by atoms with van der Waals surface area (Å²) < 4.78 is 202. The third-order valence-electron chi connectivity index (χ3n) is 28.2. The minimum absolute atomic E-state index is 0.00394. The van der Waals surface area contributed by atoms with Crippen molar-refractivity contribution in [1.29, 1.82) is 0 Å². The van der Waals surface area contributed by atoms with Crippen molar-refractivity contribution < 1.29 is 24.7 Å². The fourth-order valence-corrected chi connectivity index (χ4v) is 19.7. The molecule has 13 aromatic carbocycles. The van der Waals surface area contributed by atoms with Gasteiger partial charge in [0.25, 0.3) is 6.71 Å². The summed E-state index contributed by atoms with van der Waals surface area (Å²) in [5.41, 5.74) is 4.58. The van der Waals surface area contributed by atoms with E-state index in [1.54, 1.807) is 0 Å². The normalized spacial score (nSPS) is 15.9. The Bertz CT molecular complexity index is 8050. The molecule has 3 heterocycles. The van der Waals surface area contributed by atoms with Crippen LogP contribution in [0, 0.1) is 0 Å². The predicted octanol–water partition coefficient (Wildman–Crippen LogP) is 37.0. The first-order valence-electron chi connectivity index (χ1n) is 59.2. The van der Waals surface area contributed by atoms with Gasteiger partial charge in [0, 0.05) is 61.5 Å². The maximum absolute atomic E-state index is 12.2. The third kappa shape index (κ3) is 18.8. The summed E-state index contributed by atoms with van der Waals surface area (Å²) in [6, 6.07) is 37.9. The van der Waals surface area contributed by atoms with Crippen LogP contribution in [-0.4, -0.2) is 11.3 Å².